The summed E-state index contributed by atoms with van der Waals surface area (Å²) in [6, 6.07) is 0. The Morgan fingerprint density at radius 2 is 1.79 bits per heavy atom. The van der Waals surface area contributed by atoms with Crippen molar-refractivity contribution in [2.24, 2.45) is 40.4 Å². The lowest BCUT2D eigenvalue weighted by Crippen LogP contribution is -2.56. The van der Waals surface area contributed by atoms with Crippen molar-refractivity contribution in [2.75, 3.05) is 0 Å². The molecule has 4 aliphatic rings. The fourth-order valence-electron chi connectivity index (χ4n) is 8.38. The molecule has 0 spiro atoms. The van der Waals surface area contributed by atoms with E-state index in [2.05, 4.69) is 25.7 Å². The third-order valence-electron chi connectivity index (χ3n) is 9.93. The molecule has 0 saturated heterocycles. The van der Waals surface area contributed by atoms with Gasteiger partial charge in [0.2, 0.25) is 0 Å². The van der Waals surface area contributed by atoms with Crippen LogP contribution in [0.5, 0.6) is 0 Å². The van der Waals surface area contributed by atoms with Gasteiger partial charge in [-0.25, -0.2) is 0 Å². The summed E-state index contributed by atoms with van der Waals surface area (Å²) in [6.45, 7) is 6.71. The first kappa shape index (κ1) is 21.1. The van der Waals surface area contributed by atoms with Crippen LogP contribution in [-0.2, 0) is 9.59 Å². The highest BCUT2D eigenvalue weighted by Crippen LogP contribution is 2.68. The molecule has 0 unspecified atom stereocenters. The van der Waals surface area contributed by atoms with Gasteiger partial charge in [-0.15, -0.1) is 0 Å². The number of aldehydes is 1. The van der Waals surface area contributed by atoms with Crippen molar-refractivity contribution in [2.45, 2.75) is 97.0 Å². The van der Waals surface area contributed by atoms with Crippen molar-refractivity contribution in [1.82, 2.24) is 0 Å². The van der Waals surface area contributed by atoms with Crippen molar-refractivity contribution in [3.05, 3.63) is 0 Å². The minimum absolute atomic E-state index is 0.218. The smallest absolute Gasteiger partial charge is 0.133 e. The van der Waals surface area contributed by atoms with Crippen LogP contribution in [-0.4, -0.2) is 22.8 Å². The maximum absolute atomic E-state index is 12.3. The highest BCUT2D eigenvalue weighted by Gasteiger charge is 2.61. The molecular formula is C26H38O3. The third-order valence-corrected chi connectivity index (χ3v) is 9.93. The van der Waals surface area contributed by atoms with Crippen LogP contribution in [0.2, 0.25) is 0 Å². The summed E-state index contributed by atoms with van der Waals surface area (Å²) in [6.07, 6.45) is 11.7. The molecule has 0 aliphatic heterocycles. The quantitative estimate of drug-likeness (QED) is 0.416. The summed E-state index contributed by atoms with van der Waals surface area (Å²) in [7, 11) is 0. The number of carbonyl (C=O) groups is 2. The van der Waals surface area contributed by atoms with Crippen LogP contribution >= 0.6 is 0 Å². The molecule has 4 aliphatic carbocycles. The van der Waals surface area contributed by atoms with Crippen LogP contribution < -0.4 is 0 Å². The topological polar surface area (TPSA) is 54.4 Å². The highest BCUT2D eigenvalue weighted by atomic mass is 16.3. The predicted octanol–water partition coefficient (Wildman–Crippen LogP) is 4.95. The molecule has 0 heterocycles. The van der Waals surface area contributed by atoms with Crippen LogP contribution in [0.4, 0.5) is 0 Å². The zero-order valence-electron chi connectivity index (χ0n) is 18.5. The van der Waals surface area contributed by atoms with Gasteiger partial charge in [-0.1, -0.05) is 25.7 Å². The average molecular weight is 399 g/mol. The molecule has 0 radical (unpaired) electrons. The van der Waals surface area contributed by atoms with Gasteiger partial charge >= 0.3 is 0 Å². The largest absolute Gasteiger partial charge is 0.378 e. The van der Waals surface area contributed by atoms with Crippen molar-refractivity contribution >= 4 is 12.1 Å². The number of rotatable bonds is 3. The van der Waals surface area contributed by atoms with E-state index in [0.717, 1.165) is 43.8 Å². The summed E-state index contributed by atoms with van der Waals surface area (Å²) in [5.41, 5.74) is -0.346. The van der Waals surface area contributed by atoms with Crippen molar-refractivity contribution in [3.63, 3.8) is 0 Å². The Morgan fingerprint density at radius 3 is 2.52 bits per heavy atom. The van der Waals surface area contributed by atoms with E-state index >= 15 is 0 Å². The molecule has 160 valence electrons. The van der Waals surface area contributed by atoms with Gasteiger partial charge in [-0.3, -0.25) is 4.79 Å². The van der Waals surface area contributed by atoms with Crippen molar-refractivity contribution in [1.29, 1.82) is 0 Å². The van der Waals surface area contributed by atoms with Crippen molar-refractivity contribution < 1.29 is 14.7 Å². The molecule has 4 fully saturated rings. The number of hydrogen-bond acceptors (Lipinski definition) is 3. The van der Waals surface area contributed by atoms with E-state index in [1.54, 1.807) is 6.92 Å². The van der Waals surface area contributed by atoms with Gasteiger partial charge in [-0.05, 0) is 99.2 Å². The molecular weight excluding hydrogens is 360 g/mol. The Labute approximate surface area is 176 Å². The number of Topliss-reactive ketones (excluding diaryl/α,β-unsaturated/α-hetero) is 1. The summed E-state index contributed by atoms with van der Waals surface area (Å²) in [5.74, 6) is 9.59. The zero-order chi connectivity index (χ0) is 20.9. The molecule has 0 amide bonds. The number of fused-ring (bicyclic) bond motifs is 5. The number of ketones is 1. The first-order valence-corrected chi connectivity index (χ1v) is 11.9. The summed E-state index contributed by atoms with van der Waals surface area (Å²) < 4.78 is 0. The lowest BCUT2D eigenvalue weighted by atomic mass is 9.44. The molecule has 3 heteroatoms. The molecule has 8 atom stereocenters. The van der Waals surface area contributed by atoms with Gasteiger partial charge < -0.3 is 9.90 Å². The Morgan fingerprint density at radius 1 is 1.03 bits per heavy atom. The monoisotopic (exact) mass is 398 g/mol. The average Bonchev–Trinajstić information content (AvgIpc) is 3.04. The van der Waals surface area contributed by atoms with Crippen LogP contribution in [0.3, 0.4) is 0 Å². The predicted molar refractivity (Wildman–Crippen MR) is 114 cm³/mol. The summed E-state index contributed by atoms with van der Waals surface area (Å²) in [5, 5.41) is 11.1. The van der Waals surface area contributed by atoms with Crippen LogP contribution in [0, 0.1) is 52.3 Å². The molecule has 29 heavy (non-hydrogen) atoms. The van der Waals surface area contributed by atoms with Gasteiger partial charge in [0.05, 0.1) is 0 Å². The van der Waals surface area contributed by atoms with E-state index in [9.17, 15) is 14.7 Å². The highest BCUT2D eigenvalue weighted by molar-refractivity contribution is 5.79. The van der Waals surface area contributed by atoms with Crippen LogP contribution in [0.25, 0.3) is 0 Å². The normalized spacial score (nSPS) is 48.5. The second-order valence-electron chi connectivity index (χ2n) is 11.2. The lowest BCUT2D eigenvalue weighted by molar-refractivity contribution is -0.144. The van der Waals surface area contributed by atoms with E-state index in [1.807, 2.05) is 0 Å². The fourth-order valence-corrected chi connectivity index (χ4v) is 8.38. The minimum atomic E-state index is -0.865. The van der Waals surface area contributed by atoms with Crippen LogP contribution in [0.15, 0.2) is 0 Å². The SMILES string of the molecule is CC(=O)[C@H]1CC[C@H]2[C@@H]3CC[C@@H]4C[C@@](O)(C#CCCC=O)CC[C@]4(C)[C@H]3CC[C@]12C. The van der Waals surface area contributed by atoms with Gasteiger partial charge in [0.15, 0.2) is 0 Å². The Bertz CT molecular complexity index is 732. The van der Waals surface area contributed by atoms with Gasteiger partial charge in [0.25, 0.3) is 0 Å². The second kappa shape index (κ2) is 7.52. The Kier molecular flexibility index (Phi) is 5.48. The van der Waals surface area contributed by atoms with Gasteiger partial charge in [-0.2, -0.15) is 0 Å². The van der Waals surface area contributed by atoms with E-state index in [0.29, 0.717) is 35.9 Å². The Hall–Kier alpha value is -1.14. The van der Waals surface area contributed by atoms with Crippen LogP contribution in [0.1, 0.15) is 91.4 Å². The van der Waals surface area contributed by atoms with E-state index < -0.39 is 5.60 Å². The van der Waals surface area contributed by atoms with E-state index in [4.69, 9.17) is 0 Å². The van der Waals surface area contributed by atoms with E-state index in [1.165, 1.54) is 32.1 Å². The first-order chi connectivity index (χ1) is 13.7. The maximum atomic E-state index is 12.3. The number of unbranched alkanes of at least 4 members (excludes halogenated alkanes) is 1. The minimum Gasteiger partial charge on any atom is -0.378 e. The number of carbonyl (C=O) groups excluding carboxylic acids is 2. The molecule has 1 N–H and O–H groups in total. The lowest BCUT2D eigenvalue weighted by Gasteiger charge is -2.61. The summed E-state index contributed by atoms with van der Waals surface area (Å²) >= 11 is 0. The van der Waals surface area contributed by atoms with Crippen molar-refractivity contribution in [3.8, 4) is 11.8 Å². The number of hydrogen-bond donors (Lipinski definition) is 1. The molecule has 0 aromatic rings. The Balaban J connectivity index is 1.51. The molecule has 4 rings (SSSR count). The third kappa shape index (κ3) is 3.40. The maximum Gasteiger partial charge on any atom is 0.133 e. The van der Waals surface area contributed by atoms with Gasteiger partial charge in [0.1, 0.15) is 17.7 Å². The molecule has 0 bridgehead atoms. The molecule has 0 aromatic heterocycles. The molecule has 3 nitrogen and oxygen atoms in total. The zero-order valence-corrected chi connectivity index (χ0v) is 18.5. The second-order valence-corrected chi connectivity index (χ2v) is 11.2. The van der Waals surface area contributed by atoms with E-state index in [-0.39, 0.29) is 11.3 Å². The summed E-state index contributed by atoms with van der Waals surface area (Å²) in [4.78, 5) is 22.8. The van der Waals surface area contributed by atoms with Gasteiger partial charge in [0, 0.05) is 18.8 Å². The fraction of sp³-hybridized carbons (Fsp3) is 0.846. The molecule has 0 aromatic carbocycles. The standard InChI is InChI=1S/C26H38O3/c1-18(28)21-9-10-22-20-8-7-19-17-26(29,12-5-4-6-16-27)15-14-24(19,2)23(20)11-13-25(21,22)3/h16,19-23,29H,4,6-11,13-15,17H2,1-3H3/t19-,20+,21-,22+,23+,24+,25-,26-/m1/s1. The first-order valence-electron chi connectivity index (χ1n) is 11.9. The molecule has 4 saturated carbocycles. The number of aliphatic hydroxyl groups is 1.